The first-order valence-electron chi connectivity index (χ1n) is 11.8. The first-order valence-corrected chi connectivity index (χ1v) is 14.1. The van der Waals surface area contributed by atoms with Gasteiger partial charge < -0.3 is 19.5 Å². The van der Waals surface area contributed by atoms with Crippen LogP contribution in [0.5, 0.6) is 17.2 Å². The summed E-state index contributed by atoms with van der Waals surface area (Å²) in [4.78, 5) is 39.2. The number of hydrogen-bond donors (Lipinski definition) is 1. The van der Waals surface area contributed by atoms with E-state index in [0.717, 1.165) is 25.8 Å². The van der Waals surface area contributed by atoms with E-state index < -0.39 is 23.6 Å². The number of benzene rings is 3. The van der Waals surface area contributed by atoms with Gasteiger partial charge in [0.2, 0.25) is 5.91 Å². The third kappa shape index (κ3) is 7.25. The number of carbonyl (C=O) groups is 3. The highest BCUT2D eigenvalue weighted by Gasteiger charge is 2.36. The molecule has 8 nitrogen and oxygen atoms in total. The van der Waals surface area contributed by atoms with E-state index in [0.29, 0.717) is 40.1 Å². The van der Waals surface area contributed by atoms with Crippen LogP contribution in [0.3, 0.4) is 0 Å². The number of methoxy groups -OCH3 is 1. The molecule has 3 amide bonds. The monoisotopic (exact) mass is 678 g/mol. The lowest BCUT2D eigenvalue weighted by Crippen LogP contribution is -2.36. The van der Waals surface area contributed by atoms with Crippen molar-refractivity contribution in [1.82, 2.24) is 4.90 Å². The summed E-state index contributed by atoms with van der Waals surface area (Å²) in [6, 6.07) is 17.7. The van der Waals surface area contributed by atoms with Gasteiger partial charge in [0, 0.05) is 16.3 Å². The van der Waals surface area contributed by atoms with E-state index in [1.807, 2.05) is 31.2 Å². The molecule has 0 atom stereocenters. The minimum atomic E-state index is -0.540. The van der Waals surface area contributed by atoms with Crippen molar-refractivity contribution in [1.29, 1.82) is 0 Å². The summed E-state index contributed by atoms with van der Waals surface area (Å²) < 4.78 is 17.7. The van der Waals surface area contributed by atoms with E-state index in [-0.39, 0.29) is 11.5 Å². The van der Waals surface area contributed by atoms with Crippen LogP contribution in [-0.4, -0.2) is 42.2 Å². The fourth-order valence-electron chi connectivity index (χ4n) is 3.65. The lowest BCUT2D eigenvalue weighted by molar-refractivity contribution is -0.127. The van der Waals surface area contributed by atoms with Crippen LogP contribution >= 0.6 is 46.0 Å². The highest BCUT2D eigenvalue weighted by atomic mass is 127. The quantitative estimate of drug-likeness (QED) is 0.191. The van der Waals surface area contributed by atoms with E-state index in [1.54, 1.807) is 49.6 Å². The molecule has 4 rings (SSSR count). The summed E-state index contributed by atoms with van der Waals surface area (Å²) in [5.74, 6) is 0.670. The molecule has 0 unspecified atom stereocenters. The van der Waals surface area contributed by atoms with Gasteiger partial charge >= 0.3 is 0 Å². The zero-order valence-corrected chi connectivity index (χ0v) is 24.8. The minimum absolute atomic E-state index is 0.209. The predicted octanol–water partition coefficient (Wildman–Crippen LogP) is 6.61. The van der Waals surface area contributed by atoms with Crippen molar-refractivity contribution in [2.24, 2.45) is 0 Å². The molecule has 1 heterocycles. The lowest BCUT2D eigenvalue weighted by Gasteiger charge is -2.15. The van der Waals surface area contributed by atoms with Gasteiger partial charge in [0.25, 0.3) is 11.1 Å². The molecule has 0 spiro atoms. The number of thioether (sulfide) groups is 1. The molecule has 1 N–H and O–H groups in total. The Balaban J connectivity index is 1.48. The number of nitrogens with zero attached hydrogens (tertiary/aromatic N) is 1. The molecule has 11 heteroatoms. The molecule has 1 fully saturated rings. The van der Waals surface area contributed by atoms with Crippen molar-refractivity contribution >= 4 is 74.8 Å². The number of ether oxygens (including phenoxy) is 3. The van der Waals surface area contributed by atoms with Crippen molar-refractivity contribution < 1.29 is 28.6 Å². The Hall–Kier alpha value is -3.22. The zero-order chi connectivity index (χ0) is 27.9. The largest absolute Gasteiger partial charge is 0.497 e. The number of amides is 3. The summed E-state index contributed by atoms with van der Waals surface area (Å²) >= 11 is 9.17. The summed E-state index contributed by atoms with van der Waals surface area (Å²) in [6.45, 7) is 2.12. The topological polar surface area (TPSA) is 94.2 Å². The molecule has 3 aromatic carbocycles. The highest BCUT2D eigenvalue weighted by Crippen LogP contribution is 2.38. The Morgan fingerprint density at radius 1 is 1.10 bits per heavy atom. The number of anilines is 1. The van der Waals surface area contributed by atoms with Gasteiger partial charge in [-0.15, -0.1) is 0 Å². The van der Waals surface area contributed by atoms with Crippen molar-refractivity contribution in [2.75, 3.05) is 25.6 Å². The summed E-state index contributed by atoms with van der Waals surface area (Å²) in [5, 5.41) is 2.77. The minimum Gasteiger partial charge on any atom is -0.497 e. The summed E-state index contributed by atoms with van der Waals surface area (Å²) in [7, 11) is 1.55. The number of rotatable bonds is 10. The van der Waals surface area contributed by atoms with E-state index in [9.17, 15) is 14.4 Å². The molecule has 1 aliphatic heterocycles. The Bertz CT molecular complexity index is 1430. The zero-order valence-electron chi connectivity index (χ0n) is 21.0. The van der Waals surface area contributed by atoms with Gasteiger partial charge in [-0.05, 0) is 95.4 Å². The van der Waals surface area contributed by atoms with E-state index in [1.165, 1.54) is 0 Å². The maximum absolute atomic E-state index is 13.0. The fourth-order valence-corrected chi connectivity index (χ4v) is 5.46. The third-order valence-electron chi connectivity index (χ3n) is 5.51. The Kier molecular flexibility index (Phi) is 9.76. The molecular weight excluding hydrogens is 655 g/mol. The number of halogens is 2. The lowest BCUT2D eigenvalue weighted by atomic mass is 10.1. The molecule has 3 aromatic rings. The molecule has 0 aliphatic carbocycles. The number of hydrogen-bond acceptors (Lipinski definition) is 7. The molecule has 202 valence electrons. The summed E-state index contributed by atoms with van der Waals surface area (Å²) in [5.41, 5.74) is 2.02. The molecule has 39 heavy (non-hydrogen) atoms. The van der Waals surface area contributed by atoms with Crippen molar-refractivity contribution in [2.45, 2.75) is 13.5 Å². The first kappa shape index (κ1) is 28.8. The molecule has 1 aliphatic rings. The molecule has 0 aromatic heterocycles. The maximum Gasteiger partial charge on any atom is 0.294 e. The molecule has 0 radical (unpaired) electrons. The molecule has 1 saturated heterocycles. The van der Waals surface area contributed by atoms with Crippen LogP contribution < -0.4 is 19.5 Å². The molecule has 0 bridgehead atoms. The Labute approximate surface area is 248 Å². The average molecular weight is 679 g/mol. The van der Waals surface area contributed by atoms with Crippen LogP contribution in [0.4, 0.5) is 10.5 Å². The van der Waals surface area contributed by atoms with Crippen LogP contribution in [0, 0.1) is 3.57 Å². The van der Waals surface area contributed by atoms with Crippen LogP contribution in [0.15, 0.2) is 65.6 Å². The second kappa shape index (κ2) is 13.2. The second-order valence-corrected chi connectivity index (χ2v) is 10.8. The SMILES string of the molecule is CCOc1cc(/C=C2/SC(=O)N(CC(=O)Nc3ccc(OC)cc3)C2=O)cc(I)c1OCc1ccccc1Cl. The Morgan fingerprint density at radius 2 is 1.85 bits per heavy atom. The molecule has 0 saturated carbocycles. The number of carbonyl (C=O) groups excluding carboxylic acids is 3. The van der Waals surface area contributed by atoms with Crippen molar-refractivity contribution in [3.05, 3.63) is 85.3 Å². The van der Waals surface area contributed by atoms with Gasteiger partial charge in [-0.2, -0.15) is 0 Å². The third-order valence-corrected chi connectivity index (χ3v) is 7.59. The van der Waals surface area contributed by atoms with Gasteiger partial charge in [-0.3, -0.25) is 19.3 Å². The smallest absolute Gasteiger partial charge is 0.294 e. The predicted molar refractivity (Wildman–Crippen MR) is 160 cm³/mol. The highest BCUT2D eigenvalue weighted by molar-refractivity contribution is 14.1. The van der Waals surface area contributed by atoms with Crippen LogP contribution in [-0.2, 0) is 16.2 Å². The van der Waals surface area contributed by atoms with Gasteiger partial charge in [-0.25, -0.2) is 0 Å². The van der Waals surface area contributed by atoms with Crippen molar-refractivity contribution in [3.8, 4) is 17.2 Å². The fraction of sp³-hybridized carbons (Fsp3) is 0.179. The van der Waals surface area contributed by atoms with Gasteiger partial charge in [0.15, 0.2) is 11.5 Å². The Morgan fingerprint density at radius 3 is 2.54 bits per heavy atom. The maximum atomic E-state index is 13.0. The standard InChI is InChI=1S/C28H24ClIN2O6S/c1-3-37-23-13-17(12-22(30)26(23)38-16-18-6-4-5-7-21(18)29)14-24-27(34)32(28(35)39-24)15-25(33)31-19-8-10-20(36-2)11-9-19/h4-14H,3,15-16H2,1-2H3,(H,31,33)/b24-14+. The van der Waals surface area contributed by atoms with Gasteiger partial charge in [-0.1, -0.05) is 29.8 Å². The number of imide groups is 1. The van der Waals surface area contributed by atoms with Crippen LogP contribution in [0.1, 0.15) is 18.1 Å². The molecular formula is C28H24ClIN2O6S. The van der Waals surface area contributed by atoms with E-state index in [4.69, 9.17) is 25.8 Å². The van der Waals surface area contributed by atoms with Gasteiger partial charge in [0.1, 0.15) is 18.9 Å². The second-order valence-electron chi connectivity index (χ2n) is 8.19. The average Bonchev–Trinajstić information content (AvgIpc) is 3.17. The van der Waals surface area contributed by atoms with Gasteiger partial charge in [0.05, 0.1) is 22.2 Å². The number of nitrogens with one attached hydrogen (secondary N) is 1. The normalized spacial score (nSPS) is 14.1. The van der Waals surface area contributed by atoms with Crippen molar-refractivity contribution in [3.63, 3.8) is 0 Å². The van der Waals surface area contributed by atoms with Crippen LogP contribution in [0.25, 0.3) is 6.08 Å². The first-order chi connectivity index (χ1) is 18.8. The van der Waals surface area contributed by atoms with E-state index >= 15 is 0 Å². The van der Waals surface area contributed by atoms with E-state index in [2.05, 4.69) is 27.9 Å². The summed E-state index contributed by atoms with van der Waals surface area (Å²) in [6.07, 6.45) is 1.61. The van der Waals surface area contributed by atoms with Crippen LogP contribution in [0.2, 0.25) is 5.02 Å².